The Hall–Kier alpha value is -2.28. The largest absolute Gasteiger partial charge is 0.372 e. The normalized spacial score (nSPS) is 10.5. The number of H-pyrrole nitrogens is 1. The number of nitrogens with one attached hydrogen (secondary N) is 2. The Kier molecular flexibility index (Phi) is 5.83. The molecule has 0 spiro atoms. The summed E-state index contributed by atoms with van der Waals surface area (Å²) in [6, 6.07) is 7.30. The number of nitrogens with zero attached hydrogens (tertiary/aromatic N) is 3. The molecule has 1 aromatic carbocycles. The van der Waals surface area contributed by atoms with Crippen molar-refractivity contribution in [3.63, 3.8) is 0 Å². The molecule has 0 saturated carbocycles. The molecule has 0 aliphatic carbocycles. The molecule has 0 bridgehead atoms. The second kappa shape index (κ2) is 8.11. The fourth-order valence-corrected chi connectivity index (χ4v) is 1.87. The van der Waals surface area contributed by atoms with Crippen LogP contribution in [0.15, 0.2) is 24.3 Å². The van der Waals surface area contributed by atoms with Crippen molar-refractivity contribution >= 4 is 11.6 Å². The van der Waals surface area contributed by atoms with Gasteiger partial charge in [0.15, 0.2) is 0 Å². The van der Waals surface area contributed by atoms with Gasteiger partial charge in [-0.1, -0.05) is 31.9 Å². The smallest absolute Gasteiger partial charge is 0.250 e. The van der Waals surface area contributed by atoms with Gasteiger partial charge in [-0.15, -0.1) is 10.2 Å². The number of anilines is 1. The van der Waals surface area contributed by atoms with Gasteiger partial charge in [-0.05, 0) is 23.8 Å². The summed E-state index contributed by atoms with van der Waals surface area (Å²) in [5.41, 5.74) is 1.35. The highest BCUT2D eigenvalue weighted by molar-refractivity contribution is 5.95. The minimum Gasteiger partial charge on any atom is -0.372 e. The van der Waals surface area contributed by atoms with E-state index in [0.717, 1.165) is 19.3 Å². The van der Waals surface area contributed by atoms with Gasteiger partial charge < -0.3 is 10.1 Å². The molecule has 2 rings (SSSR count). The van der Waals surface area contributed by atoms with E-state index in [1.165, 1.54) is 0 Å². The summed E-state index contributed by atoms with van der Waals surface area (Å²) in [6.45, 7) is 2.78. The van der Waals surface area contributed by atoms with Gasteiger partial charge in [0.2, 0.25) is 11.7 Å². The van der Waals surface area contributed by atoms with E-state index >= 15 is 0 Å². The van der Waals surface area contributed by atoms with Crippen LogP contribution < -0.4 is 5.32 Å². The Morgan fingerprint density at radius 2 is 2.19 bits per heavy atom. The average Bonchev–Trinajstić information content (AvgIpc) is 3.02. The third-order valence-corrected chi connectivity index (χ3v) is 2.91. The van der Waals surface area contributed by atoms with Gasteiger partial charge >= 0.3 is 0 Å². The zero-order valence-electron chi connectivity index (χ0n) is 12.0. The number of amides is 1. The van der Waals surface area contributed by atoms with E-state index < -0.39 is 0 Å². The molecule has 21 heavy (non-hydrogen) atoms. The van der Waals surface area contributed by atoms with Crippen molar-refractivity contribution in [2.45, 2.75) is 26.2 Å². The Labute approximate surface area is 123 Å². The van der Waals surface area contributed by atoms with Crippen molar-refractivity contribution in [3.05, 3.63) is 24.3 Å². The van der Waals surface area contributed by atoms with Crippen molar-refractivity contribution in [2.75, 3.05) is 18.5 Å². The molecule has 7 heteroatoms. The summed E-state index contributed by atoms with van der Waals surface area (Å²) in [7, 11) is 0. The molecule has 2 aromatic rings. The van der Waals surface area contributed by atoms with Crippen molar-refractivity contribution in [2.24, 2.45) is 0 Å². The van der Waals surface area contributed by atoms with Crippen LogP contribution in [0.25, 0.3) is 11.4 Å². The minimum absolute atomic E-state index is 0.0459. The molecule has 1 aromatic heterocycles. The lowest BCUT2D eigenvalue weighted by Gasteiger charge is -2.09. The van der Waals surface area contributed by atoms with E-state index in [-0.39, 0.29) is 12.5 Å². The first-order chi connectivity index (χ1) is 10.3. The van der Waals surface area contributed by atoms with Crippen molar-refractivity contribution in [3.8, 4) is 11.4 Å². The van der Waals surface area contributed by atoms with Crippen LogP contribution in [0.1, 0.15) is 26.2 Å². The van der Waals surface area contributed by atoms with Gasteiger partial charge in [0.1, 0.15) is 6.61 Å². The van der Waals surface area contributed by atoms with E-state index in [4.69, 9.17) is 4.74 Å². The highest BCUT2D eigenvalue weighted by Gasteiger charge is 2.11. The molecule has 1 heterocycles. The predicted octanol–water partition coefficient (Wildman–Crippen LogP) is 2.01. The van der Waals surface area contributed by atoms with Crippen LogP contribution >= 0.6 is 0 Å². The number of carbonyl (C=O) groups is 1. The van der Waals surface area contributed by atoms with E-state index in [9.17, 15) is 4.79 Å². The van der Waals surface area contributed by atoms with Crippen LogP contribution in [0.3, 0.4) is 0 Å². The number of rotatable bonds is 8. The standard InChI is InChI=1S/C14H19N5O2/c1-2-3-6-9-21-10-13(20)15-12-8-5-4-7-11(12)14-16-18-19-17-14/h4-5,7-8H,2-3,6,9-10H2,1H3,(H,15,20)(H,16,17,18,19). The summed E-state index contributed by atoms with van der Waals surface area (Å²) in [6.07, 6.45) is 3.22. The molecule has 0 atom stereocenters. The fourth-order valence-electron chi connectivity index (χ4n) is 1.87. The van der Waals surface area contributed by atoms with Crippen molar-refractivity contribution in [1.29, 1.82) is 0 Å². The highest BCUT2D eigenvalue weighted by Crippen LogP contribution is 2.23. The number of carbonyl (C=O) groups excluding carboxylic acids is 1. The molecule has 0 saturated heterocycles. The first-order valence-corrected chi connectivity index (χ1v) is 7.01. The van der Waals surface area contributed by atoms with Gasteiger partial charge in [0.25, 0.3) is 0 Å². The molecule has 0 aliphatic heterocycles. The maximum absolute atomic E-state index is 11.9. The lowest BCUT2D eigenvalue weighted by atomic mass is 10.1. The Morgan fingerprint density at radius 1 is 1.33 bits per heavy atom. The minimum atomic E-state index is -0.192. The first kappa shape index (κ1) is 15.1. The van der Waals surface area contributed by atoms with Gasteiger partial charge in [0, 0.05) is 12.2 Å². The Bertz CT molecular complexity index is 556. The zero-order chi connectivity index (χ0) is 14.9. The number of benzene rings is 1. The first-order valence-electron chi connectivity index (χ1n) is 7.01. The van der Waals surface area contributed by atoms with E-state index in [0.29, 0.717) is 23.7 Å². The van der Waals surface area contributed by atoms with Crippen molar-refractivity contribution in [1.82, 2.24) is 20.6 Å². The second-order valence-corrected chi connectivity index (χ2v) is 4.59. The molecule has 0 aliphatic rings. The summed E-state index contributed by atoms with van der Waals surface area (Å²) in [5.74, 6) is 0.247. The Morgan fingerprint density at radius 3 is 2.95 bits per heavy atom. The number of tetrazole rings is 1. The molecule has 0 fully saturated rings. The van der Waals surface area contributed by atoms with Crippen LogP contribution in [0.5, 0.6) is 0 Å². The lowest BCUT2D eigenvalue weighted by molar-refractivity contribution is -0.120. The van der Waals surface area contributed by atoms with Crippen LogP contribution in [0, 0.1) is 0 Å². The third kappa shape index (κ3) is 4.64. The van der Waals surface area contributed by atoms with E-state index in [1.54, 1.807) is 6.07 Å². The topological polar surface area (TPSA) is 92.8 Å². The van der Waals surface area contributed by atoms with Gasteiger partial charge in [0.05, 0.1) is 5.69 Å². The lowest BCUT2D eigenvalue weighted by Crippen LogP contribution is -2.19. The number of ether oxygens (including phenoxy) is 1. The summed E-state index contributed by atoms with van der Waals surface area (Å²) < 4.78 is 5.34. The summed E-state index contributed by atoms with van der Waals surface area (Å²) in [5, 5.41) is 16.6. The van der Waals surface area contributed by atoms with Crippen molar-refractivity contribution < 1.29 is 9.53 Å². The van der Waals surface area contributed by atoms with E-state index in [2.05, 4.69) is 32.9 Å². The third-order valence-electron chi connectivity index (χ3n) is 2.91. The molecule has 7 nitrogen and oxygen atoms in total. The summed E-state index contributed by atoms with van der Waals surface area (Å²) >= 11 is 0. The second-order valence-electron chi connectivity index (χ2n) is 4.59. The SMILES string of the molecule is CCCCCOCC(=O)Nc1ccccc1-c1nn[nH]n1. The number of hydrogen-bond donors (Lipinski definition) is 2. The summed E-state index contributed by atoms with van der Waals surface area (Å²) in [4.78, 5) is 11.9. The number of aromatic nitrogens is 4. The predicted molar refractivity (Wildman–Crippen MR) is 78.6 cm³/mol. The van der Waals surface area contributed by atoms with Gasteiger partial charge in [-0.25, -0.2) is 0 Å². The number of hydrogen-bond acceptors (Lipinski definition) is 5. The van der Waals surface area contributed by atoms with Crippen LogP contribution in [0.4, 0.5) is 5.69 Å². The van der Waals surface area contributed by atoms with Crippen LogP contribution in [0.2, 0.25) is 0 Å². The molecular weight excluding hydrogens is 270 g/mol. The molecular formula is C14H19N5O2. The van der Waals surface area contributed by atoms with Crippen LogP contribution in [-0.2, 0) is 9.53 Å². The molecule has 1 amide bonds. The zero-order valence-corrected chi connectivity index (χ0v) is 12.0. The maximum Gasteiger partial charge on any atom is 0.250 e. The van der Waals surface area contributed by atoms with Gasteiger partial charge in [-0.2, -0.15) is 5.21 Å². The fraction of sp³-hybridized carbons (Fsp3) is 0.429. The number of para-hydroxylation sites is 1. The molecule has 0 unspecified atom stereocenters. The Balaban J connectivity index is 1.89. The van der Waals surface area contributed by atoms with E-state index in [1.807, 2.05) is 18.2 Å². The maximum atomic E-state index is 11.9. The van der Waals surface area contributed by atoms with Gasteiger partial charge in [-0.3, -0.25) is 4.79 Å². The number of unbranched alkanes of at least 4 members (excludes halogenated alkanes) is 2. The monoisotopic (exact) mass is 289 g/mol. The van der Waals surface area contributed by atoms with Crippen LogP contribution in [-0.4, -0.2) is 39.7 Å². The highest BCUT2D eigenvalue weighted by atomic mass is 16.5. The molecule has 0 radical (unpaired) electrons. The average molecular weight is 289 g/mol. The molecule has 112 valence electrons. The molecule has 2 N–H and O–H groups in total. The quantitative estimate of drug-likeness (QED) is 0.725. The number of aromatic amines is 1.